The van der Waals surface area contributed by atoms with Gasteiger partial charge in [-0.2, -0.15) is 0 Å². The molecule has 0 saturated carbocycles. The maximum atomic E-state index is 11.9. The lowest BCUT2D eigenvalue weighted by Gasteiger charge is -2.10. The molecular formula is C18H19ClN2O2. The van der Waals surface area contributed by atoms with Gasteiger partial charge in [-0.25, -0.2) is 0 Å². The van der Waals surface area contributed by atoms with Crippen molar-refractivity contribution in [3.63, 3.8) is 0 Å². The van der Waals surface area contributed by atoms with Crippen LogP contribution in [0.3, 0.4) is 0 Å². The summed E-state index contributed by atoms with van der Waals surface area (Å²) in [5, 5.41) is 6.00. The molecule has 0 bridgehead atoms. The molecule has 5 heteroatoms. The van der Waals surface area contributed by atoms with Crippen LogP contribution in [0.1, 0.15) is 23.1 Å². The van der Waals surface area contributed by atoms with Crippen molar-refractivity contribution >= 4 is 29.1 Å². The molecule has 0 atom stereocenters. The lowest BCUT2D eigenvalue weighted by molar-refractivity contribution is -0.126. The Hall–Kier alpha value is -2.33. The molecule has 0 fully saturated rings. The fraction of sp³-hybridized carbons (Fsp3) is 0.222. The molecule has 2 aromatic carbocycles. The molecule has 0 radical (unpaired) electrons. The van der Waals surface area contributed by atoms with Gasteiger partial charge in [0, 0.05) is 17.3 Å². The Labute approximate surface area is 140 Å². The summed E-state index contributed by atoms with van der Waals surface area (Å²) in [7, 11) is 0. The van der Waals surface area contributed by atoms with E-state index in [1.165, 1.54) is 0 Å². The van der Waals surface area contributed by atoms with E-state index < -0.39 is 0 Å². The van der Waals surface area contributed by atoms with E-state index in [0.717, 1.165) is 16.7 Å². The zero-order chi connectivity index (χ0) is 16.8. The number of anilines is 1. The first kappa shape index (κ1) is 17.0. The van der Waals surface area contributed by atoms with Crippen LogP contribution >= 0.6 is 11.6 Å². The van der Waals surface area contributed by atoms with Crippen molar-refractivity contribution in [1.29, 1.82) is 0 Å². The molecule has 4 nitrogen and oxygen atoms in total. The number of hydrogen-bond acceptors (Lipinski definition) is 2. The summed E-state index contributed by atoms with van der Waals surface area (Å²) in [5.41, 5.74) is 3.65. The quantitative estimate of drug-likeness (QED) is 0.823. The molecule has 0 saturated heterocycles. The van der Waals surface area contributed by atoms with Crippen molar-refractivity contribution in [1.82, 2.24) is 5.32 Å². The summed E-state index contributed by atoms with van der Waals surface area (Å²) in [5.74, 6) is -0.678. The molecule has 0 aromatic heterocycles. The van der Waals surface area contributed by atoms with E-state index in [9.17, 15) is 9.59 Å². The minimum absolute atomic E-state index is 0.224. The molecule has 23 heavy (non-hydrogen) atoms. The molecule has 2 rings (SSSR count). The van der Waals surface area contributed by atoms with Gasteiger partial charge in [0.25, 0.3) is 0 Å². The Morgan fingerprint density at radius 3 is 2.48 bits per heavy atom. The molecule has 0 spiro atoms. The molecule has 2 aromatic rings. The van der Waals surface area contributed by atoms with E-state index in [1.54, 1.807) is 12.1 Å². The second kappa shape index (κ2) is 7.79. The molecule has 0 unspecified atom stereocenters. The fourth-order valence-electron chi connectivity index (χ4n) is 2.13. The van der Waals surface area contributed by atoms with Crippen LogP contribution in [0.15, 0.2) is 42.5 Å². The van der Waals surface area contributed by atoms with Crippen molar-refractivity contribution in [2.45, 2.75) is 26.8 Å². The van der Waals surface area contributed by atoms with Gasteiger partial charge in [-0.05, 0) is 42.7 Å². The summed E-state index contributed by atoms with van der Waals surface area (Å²) < 4.78 is 0. The van der Waals surface area contributed by atoms with E-state index in [1.807, 2.05) is 44.2 Å². The van der Waals surface area contributed by atoms with Crippen molar-refractivity contribution in [2.24, 2.45) is 0 Å². The van der Waals surface area contributed by atoms with Crippen LogP contribution in [-0.4, -0.2) is 11.8 Å². The minimum atomic E-state index is -0.363. The van der Waals surface area contributed by atoms with Gasteiger partial charge in [-0.3, -0.25) is 9.59 Å². The highest BCUT2D eigenvalue weighted by molar-refractivity contribution is 6.31. The van der Waals surface area contributed by atoms with Gasteiger partial charge in [-0.1, -0.05) is 41.9 Å². The highest BCUT2D eigenvalue weighted by Crippen LogP contribution is 2.20. The Kier molecular flexibility index (Phi) is 5.77. The second-order valence-electron chi connectivity index (χ2n) is 5.39. The molecule has 0 aliphatic carbocycles. The number of nitrogens with one attached hydrogen (secondary N) is 2. The maximum Gasteiger partial charge on any atom is 0.233 e. The van der Waals surface area contributed by atoms with Crippen molar-refractivity contribution < 1.29 is 9.59 Å². The molecule has 0 aliphatic heterocycles. The van der Waals surface area contributed by atoms with Gasteiger partial charge in [0.1, 0.15) is 6.42 Å². The number of carbonyl (C=O) groups is 2. The molecule has 2 amide bonds. The molecule has 2 N–H and O–H groups in total. The maximum absolute atomic E-state index is 11.9. The van der Waals surface area contributed by atoms with Crippen LogP contribution in [-0.2, 0) is 16.1 Å². The third kappa shape index (κ3) is 5.11. The average molecular weight is 331 g/mol. The third-order valence-corrected chi connectivity index (χ3v) is 3.77. The SMILES string of the molecule is Cc1ccccc1CNC(=O)CC(=O)Nc1cc(Cl)ccc1C. The van der Waals surface area contributed by atoms with E-state index in [0.29, 0.717) is 17.3 Å². The minimum Gasteiger partial charge on any atom is -0.352 e. The van der Waals surface area contributed by atoms with E-state index >= 15 is 0 Å². The van der Waals surface area contributed by atoms with Crippen molar-refractivity contribution in [3.05, 3.63) is 64.2 Å². The normalized spacial score (nSPS) is 10.2. The zero-order valence-electron chi connectivity index (χ0n) is 13.2. The first-order chi connectivity index (χ1) is 11.0. The number of aryl methyl sites for hydroxylation is 2. The largest absolute Gasteiger partial charge is 0.352 e. The Balaban J connectivity index is 1.86. The first-order valence-electron chi connectivity index (χ1n) is 7.33. The first-order valence-corrected chi connectivity index (χ1v) is 7.70. The molecule has 0 heterocycles. The van der Waals surface area contributed by atoms with Crippen LogP contribution < -0.4 is 10.6 Å². The summed E-state index contributed by atoms with van der Waals surface area (Å²) in [4.78, 5) is 23.8. The van der Waals surface area contributed by atoms with Gasteiger partial charge in [0.15, 0.2) is 0 Å². The summed E-state index contributed by atoms with van der Waals surface area (Å²) in [6.07, 6.45) is -0.224. The summed E-state index contributed by atoms with van der Waals surface area (Å²) in [6.45, 7) is 4.26. The fourth-order valence-corrected chi connectivity index (χ4v) is 2.31. The van der Waals surface area contributed by atoms with Gasteiger partial charge in [0.05, 0.1) is 0 Å². The smallest absolute Gasteiger partial charge is 0.233 e. The van der Waals surface area contributed by atoms with Crippen LogP contribution in [0.4, 0.5) is 5.69 Å². The number of benzene rings is 2. The Morgan fingerprint density at radius 2 is 1.74 bits per heavy atom. The summed E-state index contributed by atoms with van der Waals surface area (Å²) in [6, 6.07) is 13.0. The summed E-state index contributed by atoms with van der Waals surface area (Å²) >= 11 is 5.91. The number of rotatable bonds is 5. The monoisotopic (exact) mass is 330 g/mol. The Bertz CT molecular complexity index is 729. The van der Waals surface area contributed by atoms with Crippen LogP contribution in [0.25, 0.3) is 0 Å². The lowest BCUT2D eigenvalue weighted by atomic mass is 10.1. The number of halogens is 1. The van der Waals surface area contributed by atoms with Gasteiger partial charge in [-0.15, -0.1) is 0 Å². The number of amides is 2. The predicted octanol–water partition coefficient (Wildman–Crippen LogP) is 3.60. The third-order valence-electron chi connectivity index (χ3n) is 3.53. The average Bonchev–Trinajstić information content (AvgIpc) is 2.50. The zero-order valence-corrected chi connectivity index (χ0v) is 13.9. The van der Waals surface area contributed by atoms with Crippen LogP contribution in [0.2, 0.25) is 5.02 Å². The van der Waals surface area contributed by atoms with Crippen LogP contribution in [0, 0.1) is 13.8 Å². The topological polar surface area (TPSA) is 58.2 Å². The molecular weight excluding hydrogens is 312 g/mol. The van der Waals surface area contributed by atoms with Crippen LogP contribution in [0.5, 0.6) is 0 Å². The van der Waals surface area contributed by atoms with E-state index in [4.69, 9.17) is 11.6 Å². The van der Waals surface area contributed by atoms with Gasteiger partial charge in [0.2, 0.25) is 11.8 Å². The van der Waals surface area contributed by atoms with E-state index in [-0.39, 0.29) is 18.2 Å². The predicted molar refractivity (Wildman–Crippen MR) is 92.5 cm³/mol. The Morgan fingerprint density at radius 1 is 1.00 bits per heavy atom. The van der Waals surface area contributed by atoms with E-state index in [2.05, 4.69) is 10.6 Å². The second-order valence-corrected chi connectivity index (χ2v) is 5.82. The molecule has 120 valence electrons. The lowest BCUT2D eigenvalue weighted by Crippen LogP contribution is -2.28. The standard InChI is InChI=1S/C18H19ClN2O2/c1-12-5-3-4-6-14(12)11-20-17(22)10-18(23)21-16-9-15(19)8-7-13(16)2/h3-9H,10-11H2,1-2H3,(H,20,22)(H,21,23). The highest BCUT2D eigenvalue weighted by Gasteiger charge is 2.11. The van der Waals surface area contributed by atoms with Gasteiger partial charge < -0.3 is 10.6 Å². The number of hydrogen-bond donors (Lipinski definition) is 2. The van der Waals surface area contributed by atoms with Crippen molar-refractivity contribution in [3.8, 4) is 0 Å². The highest BCUT2D eigenvalue weighted by atomic mass is 35.5. The number of carbonyl (C=O) groups excluding carboxylic acids is 2. The van der Waals surface area contributed by atoms with Gasteiger partial charge >= 0.3 is 0 Å². The van der Waals surface area contributed by atoms with Crippen molar-refractivity contribution in [2.75, 3.05) is 5.32 Å². The molecule has 0 aliphatic rings.